The smallest absolute Gasteiger partial charge is 0.262 e. The summed E-state index contributed by atoms with van der Waals surface area (Å²) in [5.41, 5.74) is -0.0730. The minimum absolute atomic E-state index is 0.0623. The number of benzene rings is 1. The lowest BCUT2D eigenvalue weighted by atomic mass is 10.1. The van der Waals surface area contributed by atoms with Gasteiger partial charge < -0.3 is 5.32 Å². The van der Waals surface area contributed by atoms with Crippen LogP contribution in [0.5, 0.6) is 0 Å². The molecule has 1 N–H and O–H groups in total. The van der Waals surface area contributed by atoms with Crippen LogP contribution in [0.15, 0.2) is 23.8 Å². The molecule has 0 aromatic heterocycles. The molecule has 1 aliphatic rings. The van der Waals surface area contributed by atoms with Crippen molar-refractivity contribution in [3.8, 4) is 6.07 Å². The molecule has 0 aliphatic heterocycles. The zero-order valence-corrected chi connectivity index (χ0v) is 11.6. The Morgan fingerprint density at radius 1 is 1.45 bits per heavy atom. The average Bonchev–Trinajstić information content (AvgIpc) is 2.91. The fourth-order valence-electron chi connectivity index (χ4n) is 2.27. The van der Waals surface area contributed by atoms with Gasteiger partial charge in [0.05, 0.1) is 5.02 Å². The van der Waals surface area contributed by atoms with Crippen molar-refractivity contribution in [1.29, 1.82) is 5.26 Å². The summed E-state index contributed by atoms with van der Waals surface area (Å²) in [5, 5.41) is 12.0. The van der Waals surface area contributed by atoms with Gasteiger partial charge in [-0.2, -0.15) is 5.26 Å². The number of nitriles is 1. The second kappa shape index (κ2) is 6.53. The van der Waals surface area contributed by atoms with Crippen LogP contribution in [0.2, 0.25) is 5.02 Å². The Balaban J connectivity index is 2.21. The van der Waals surface area contributed by atoms with Crippen LogP contribution in [-0.4, -0.2) is 11.9 Å². The molecule has 1 amide bonds. The van der Waals surface area contributed by atoms with Crippen LogP contribution in [0.25, 0.3) is 6.08 Å². The van der Waals surface area contributed by atoms with Crippen molar-refractivity contribution in [2.24, 2.45) is 0 Å². The fourth-order valence-corrected chi connectivity index (χ4v) is 2.49. The Morgan fingerprint density at radius 2 is 2.15 bits per heavy atom. The highest BCUT2D eigenvalue weighted by Crippen LogP contribution is 2.22. The van der Waals surface area contributed by atoms with Crippen molar-refractivity contribution in [3.63, 3.8) is 0 Å². The van der Waals surface area contributed by atoms with E-state index in [1.54, 1.807) is 6.07 Å². The largest absolute Gasteiger partial charge is 0.349 e. The normalized spacial score (nSPS) is 15.9. The van der Waals surface area contributed by atoms with Crippen LogP contribution in [-0.2, 0) is 4.79 Å². The van der Waals surface area contributed by atoms with Crippen LogP contribution >= 0.6 is 11.6 Å². The van der Waals surface area contributed by atoms with Crippen LogP contribution in [0, 0.1) is 17.1 Å². The van der Waals surface area contributed by atoms with E-state index in [-0.39, 0.29) is 22.2 Å². The first-order valence-electron chi connectivity index (χ1n) is 6.48. The van der Waals surface area contributed by atoms with Gasteiger partial charge in [-0.1, -0.05) is 30.5 Å². The third-order valence-corrected chi connectivity index (χ3v) is 3.67. The third-order valence-electron chi connectivity index (χ3n) is 3.34. The molecule has 1 fully saturated rings. The SMILES string of the molecule is N#C/C(=C\c1c(F)cccc1Cl)C(=O)NC1CCCC1. The van der Waals surface area contributed by atoms with E-state index in [0.717, 1.165) is 25.7 Å². The topological polar surface area (TPSA) is 52.9 Å². The Bertz CT molecular complexity index is 566. The highest BCUT2D eigenvalue weighted by molar-refractivity contribution is 6.32. The molecule has 0 spiro atoms. The molecule has 5 heteroatoms. The number of nitrogens with zero attached hydrogens (tertiary/aromatic N) is 1. The molecule has 0 atom stereocenters. The minimum atomic E-state index is -0.557. The zero-order valence-electron chi connectivity index (χ0n) is 10.8. The van der Waals surface area contributed by atoms with Gasteiger partial charge in [0.1, 0.15) is 17.5 Å². The summed E-state index contributed by atoms with van der Waals surface area (Å²) in [7, 11) is 0. The van der Waals surface area contributed by atoms with E-state index >= 15 is 0 Å². The maximum Gasteiger partial charge on any atom is 0.262 e. The van der Waals surface area contributed by atoms with E-state index in [0.29, 0.717) is 0 Å². The highest BCUT2D eigenvalue weighted by atomic mass is 35.5. The van der Waals surface area contributed by atoms with Crippen molar-refractivity contribution < 1.29 is 9.18 Å². The Kier molecular flexibility index (Phi) is 4.75. The molecule has 0 bridgehead atoms. The maximum absolute atomic E-state index is 13.6. The number of hydrogen-bond donors (Lipinski definition) is 1. The van der Waals surface area contributed by atoms with Crippen LogP contribution in [0.4, 0.5) is 4.39 Å². The lowest BCUT2D eigenvalue weighted by Gasteiger charge is -2.11. The third kappa shape index (κ3) is 3.37. The summed E-state index contributed by atoms with van der Waals surface area (Å²) in [6.45, 7) is 0. The Labute approximate surface area is 122 Å². The minimum Gasteiger partial charge on any atom is -0.349 e. The predicted octanol–water partition coefficient (Wildman–Crippen LogP) is 3.44. The number of carbonyl (C=O) groups excluding carboxylic acids is 1. The molecular formula is C15H14ClFN2O. The molecule has 0 heterocycles. The number of amides is 1. The van der Waals surface area contributed by atoms with Crippen LogP contribution < -0.4 is 5.32 Å². The van der Waals surface area contributed by atoms with Crippen molar-refractivity contribution in [1.82, 2.24) is 5.32 Å². The average molecular weight is 293 g/mol. The van der Waals surface area contributed by atoms with Crippen molar-refractivity contribution in [3.05, 3.63) is 40.2 Å². The highest BCUT2D eigenvalue weighted by Gasteiger charge is 2.19. The van der Waals surface area contributed by atoms with Gasteiger partial charge in [-0.05, 0) is 31.1 Å². The van der Waals surface area contributed by atoms with Gasteiger partial charge in [0.25, 0.3) is 5.91 Å². The van der Waals surface area contributed by atoms with Gasteiger partial charge in [-0.25, -0.2) is 4.39 Å². The summed E-state index contributed by atoms with van der Waals surface area (Å²) in [6, 6.07) is 6.13. The molecule has 0 radical (unpaired) electrons. The van der Waals surface area contributed by atoms with Gasteiger partial charge in [-0.15, -0.1) is 0 Å². The van der Waals surface area contributed by atoms with Gasteiger partial charge in [0, 0.05) is 11.6 Å². The summed E-state index contributed by atoms with van der Waals surface area (Å²) >= 11 is 5.88. The fraction of sp³-hybridized carbons (Fsp3) is 0.333. The summed E-state index contributed by atoms with van der Waals surface area (Å²) < 4.78 is 13.6. The lowest BCUT2D eigenvalue weighted by Crippen LogP contribution is -2.33. The maximum atomic E-state index is 13.6. The molecule has 3 nitrogen and oxygen atoms in total. The molecule has 2 rings (SSSR count). The number of nitrogens with one attached hydrogen (secondary N) is 1. The van der Waals surface area contributed by atoms with Crippen LogP contribution in [0.1, 0.15) is 31.2 Å². The molecule has 0 saturated heterocycles. The van der Waals surface area contributed by atoms with Crippen molar-refractivity contribution in [2.45, 2.75) is 31.7 Å². The van der Waals surface area contributed by atoms with E-state index in [1.165, 1.54) is 24.3 Å². The first-order chi connectivity index (χ1) is 9.61. The van der Waals surface area contributed by atoms with Crippen molar-refractivity contribution >= 4 is 23.6 Å². The van der Waals surface area contributed by atoms with E-state index in [2.05, 4.69) is 5.32 Å². The molecule has 1 aliphatic carbocycles. The predicted molar refractivity (Wildman–Crippen MR) is 75.4 cm³/mol. The van der Waals surface area contributed by atoms with E-state index in [1.807, 2.05) is 0 Å². The molecule has 1 saturated carbocycles. The second-order valence-electron chi connectivity index (χ2n) is 4.76. The summed E-state index contributed by atoms with van der Waals surface area (Å²) in [4.78, 5) is 12.0. The van der Waals surface area contributed by atoms with E-state index in [9.17, 15) is 9.18 Å². The molecule has 1 aromatic carbocycles. The lowest BCUT2D eigenvalue weighted by molar-refractivity contribution is -0.117. The van der Waals surface area contributed by atoms with Gasteiger partial charge in [-0.3, -0.25) is 4.79 Å². The second-order valence-corrected chi connectivity index (χ2v) is 5.17. The zero-order chi connectivity index (χ0) is 14.5. The number of hydrogen-bond acceptors (Lipinski definition) is 2. The number of halogens is 2. The molecule has 0 unspecified atom stereocenters. The molecule has 104 valence electrons. The van der Waals surface area contributed by atoms with Crippen LogP contribution in [0.3, 0.4) is 0 Å². The monoisotopic (exact) mass is 292 g/mol. The number of rotatable bonds is 3. The molecular weight excluding hydrogens is 279 g/mol. The quantitative estimate of drug-likeness (QED) is 0.685. The Morgan fingerprint density at radius 3 is 2.75 bits per heavy atom. The van der Waals surface area contributed by atoms with E-state index < -0.39 is 11.7 Å². The first-order valence-corrected chi connectivity index (χ1v) is 6.86. The van der Waals surface area contributed by atoms with E-state index in [4.69, 9.17) is 16.9 Å². The molecule has 1 aromatic rings. The summed E-state index contributed by atoms with van der Waals surface area (Å²) in [5.74, 6) is -1.03. The van der Waals surface area contributed by atoms with Gasteiger partial charge in [0.2, 0.25) is 0 Å². The van der Waals surface area contributed by atoms with Gasteiger partial charge >= 0.3 is 0 Å². The summed E-state index contributed by atoms with van der Waals surface area (Å²) in [6.07, 6.45) is 5.20. The first kappa shape index (κ1) is 14.5. The molecule has 20 heavy (non-hydrogen) atoms. The number of carbonyl (C=O) groups is 1. The standard InChI is InChI=1S/C15H14ClFN2O/c16-13-6-3-7-14(17)12(13)8-10(9-18)15(20)19-11-4-1-2-5-11/h3,6-8,11H,1-2,4-5H2,(H,19,20)/b10-8+. The van der Waals surface area contributed by atoms with Gasteiger partial charge in [0.15, 0.2) is 0 Å². The van der Waals surface area contributed by atoms with Crippen molar-refractivity contribution in [2.75, 3.05) is 0 Å². The Hall–Kier alpha value is -1.86.